The van der Waals surface area contributed by atoms with Gasteiger partial charge in [0.25, 0.3) is 0 Å². The van der Waals surface area contributed by atoms with E-state index in [-0.39, 0.29) is 0 Å². The van der Waals surface area contributed by atoms with Crippen LogP contribution in [0, 0.1) is 0 Å². The summed E-state index contributed by atoms with van der Waals surface area (Å²) < 4.78 is 1.06. The number of aliphatic hydroxyl groups excluding tert-OH is 1. The SMILES string of the molecule is CN(C)CC[N+](C)(C)CCNCCCCO. The van der Waals surface area contributed by atoms with Crippen LogP contribution < -0.4 is 5.32 Å². The molecule has 0 spiro atoms. The number of nitrogens with one attached hydrogen (secondary N) is 1. The molecule has 0 saturated carbocycles. The molecule has 0 bridgehead atoms. The van der Waals surface area contributed by atoms with Crippen LogP contribution in [0.1, 0.15) is 12.8 Å². The van der Waals surface area contributed by atoms with E-state index in [1.54, 1.807) is 0 Å². The van der Waals surface area contributed by atoms with Gasteiger partial charge < -0.3 is 19.8 Å². The van der Waals surface area contributed by atoms with Crippen molar-refractivity contribution >= 4 is 0 Å². The van der Waals surface area contributed by atoms with E-state index in [0.29, 0.717) is 6.61 Å². The van der Waals surface area contributed by atoms with Crippen molar-refractivity contribution < 1.29 is 9.59 Å². The second-order valence-electron chi connectivity index (χ2n) is 5.37. The molecule has 0 aromatic heterocycles. The number of rotatable bonds is 10. The molecule has 2 N–H and O–H groups in total. The zero-order valence-corrected chi connectivity index (χ0v) is 11.5. The fourth-order valence-corrected chi connectivity index (χ4v) is 1.45. The Morgan fingerprint density at radius 1 is 1.06 bits per heavy atom. The maximum absolute atomic E-state index is 8.64. The Kier molecular flexibility index (Phi) is 8.84. The summed E-state index contributed by atoms with van der Waals surface area (Å²) in [5.41, 5.74) is 0. The van der Waals surface area contributed by atoms with Gasteiger partial charge in [-0.05, 0) is 33.5 Å². The van der Waals surface area contributed by atoms with Crippen molar-refractivity contribution in [3.8, 4) is 0 Å². The Bertz CT molecular complexity index is 160. The van der Waals surface area contributed by atoms with Crippen LogP contribution in [0.15, 0.2) is 0 Å². The first-order chi connectivity index (χ1) is 7.48. The lowest BCUT2D eigenvalue weighted by Crippen LogP contribution is -2.47. The van der Waals surface area contributed by atoms with E-state index in [1.165, 1.54) is 6.54 Å². The summed E-state index contributed by atoms with van der Waals surface area (Å²) >= 11 is 0. The minimum atomic E-state index is 0.312. The molecule has 0 aliphatic rings. The number of quaternary nitrogens is 1. The summed E-state index contributed by atoms with van der Waals surface area (Å²) in [6.45, 7) is 5.88. The third-order valence-electron chi connectivity index (χ3n) is 2.81. The summed E-state index contributed by atoms with van der Waals surface area (Å²) in [5, 5.41) is 12.1. The molecule has 0 aromatic carbocycles. The van der Waals surface area contributed by atoms with E-state index >= 15 is 0 Å². The number of aliphatic hydroxyl groups is 1. The lowest BCUT2D eigenvalue weighted by molar-refractivity contribution is -0.888. The van der Waals surface area contributed by atoms with Gasteiger partial charge in [-0.3, -0.25) is 0 Å². The van der Waals surface area contributed by atoms with E-state index in [2.05, 4.69) is 38.4 Å². The van der Waals surface area contributed by atoms with Gasteiger partial charge in [-0.15, -0.1) is 0 Å². The van der Waals surface area contributed by atoms with Crippen LogP contribution in [0.5, 0.6) is 0 Å². The molecule has 16 heavy (non-hydrogen) atoms. The van der Waals surface area contributed by atoms with Crippen LogP contribution in [-0.2, 0) is 0 Å². The standard InChI is InChI=1S/C12H30N3O/c1-14(2)9-11-15(3,4)10-8-13-7-5-6-12-16/h13,16H,5-12H2,1-4H3/q+1. The monoisotopic (exact) mass is 232 g/mol. The van der Waals surface area contributed by atoms with Crippen LogP contribution in [0.25, 0.3) is 0 Å². The number of nitrogens with zero attached hydrogens (tertiary/aromatic N) is 2. The molecule has 0 amide bonds. The van der Waals surface area contributed by atoms with E-state index in [9.17, 15) is 0 Å². The van der Waals surface area contributed by atoms with Gasteiger partial charge in [-0.1, -0.05) is 0 Å². The van der Waals surface area contributed by atoms with Crippen molar-refractivity contribution in [3.05, 3.63) is 0 Å². The van der Waals surface area contributed by atoms with Gasteiger partial charge in [-0.2, -0.15) is 0 Å². The van der Waals surface area contributed by atoms with Crippen LogP contribution in [-0.4, -0.2) is 82.0 Å². The van der Waals surface area contributed by atoms with Gasteiger partial charge in [0, 0.05) is 19.7 Å². The molecule has 98 valence electrons. The molecule has 0 rings (SSSR count). The minimum absolute atomic E-state index is 0.312. The van der Waals surface area contributed by atoms with E-state index in [0.717, 1.165) is 43.5 Å². The molecule has 0 fully saturated rings. The summed E-state index contributed by atoms with van der Waals surface area (Å²) in [5.74, 6) is 0. The Labute approximate surface area is 101 Å². The quantitative estimate of drug-likeness (QED) is 0.411. The average molecular weight is 232 g/mol. The fourth-order valence-electron chi connectivity index (χ4n) is 1.45. The summed E-state index contributed by atoms with van der Waals surface area (Å²) in [6.07, 6.45) is 1.98. The third-order valence-corrected chi connectivity index (χ3v) is 2.81. The molecule has 0 atom stereocenters. The highest BCUT2D eigenvalue weighted by atomic mass is 16.2. The lowest BCUT2D eigenvalue weighted by Gasteiger charge is -2.31. The third kappa shape index (κ3) is 10.4. The maximum atomic E-state index is 8.64. The molecule has 4 nitrogen and oxygen atoms in total. The Morgan fingerprint density at radius 2 is 1.75 bits per heavy atom. The molecule has 0 aromatic rings. The Balaban J connectivity index is 3.42. The average Bonchev–Trinajstić information content (AvgIpc) is 2.21. The fraction of sp³-hybridized carbons (Fsp3) is 1.00. The molecule has 0 unspecified atom stereocenters. The number of likely N-dealkylation sites (N-methyl/N-ethyl adjacent to an activating group) is 2. The highest BCUT2D eigenvalue weighted by molar-refractivity contribution is 4.49. The van der Waals surface area contributed by atoms with Crippen molar-refractivity contribution in [2.75, 3.05) is 67.5 Å². The molecular weight excluding hydrogens is 202 g/mol. The molecule has 0 aliphatic carbocycles. The highest BCUT2D eigenvalue weighted by Crippen LogP contribution is 1.95. The van der Waals surface area contributed by atoms with Crippen molar-refractivity contribution in [2.24, 2.45) is 0 Å². The number of hydrogen-bond donors (Lipinski definition) is 2. The molecule has 0 aliphatic heterocycles. The van der Waals surface area contributed by atoms with E-state index < -0.39 is 0 Å². The van der Waals surface area contributed by atoms with Gasteiger partial charge in [0.05, 0.1) is 27.2 Å². The number of hydrogen-bond acceptors (Lipinski definition) is 3. The Hall–Kier alpha value is -0.160. The maximum Gasteiger partial charge on any atom is 0.0911 e. The van der Waals surface area contributed by atoms with E-state index in [1.807, 2.05) is 0 Å². The molecule has 0 saturated heterocycles. The summed E-state index contributed by atoms with van der Waals surface area (Å²) in [6, 6.07) is 0. The van der Waals surface area contributed by atoms with Gasteiger partial charge >= 0.3 is 0 Å². The van der Waals surface area contributed by atoms with Crippen molar-refractivity contribution in [1.82, 2.24) is 10.2 Å². The molecule has 0 radical (unpaired) electrons. The van der Waals surface area contributed by atoms with Crippen LogP contribution >= 0.6 is 0 Å². The Morgan fingerprint density at radius 3 is 2.31 bits per heavy atom. The second-order valence-corrected chi connectivity index (χ2v) is 5.37. The zero-order valence-electron chi connectivity index (χ0n) is 11.5. The molecule has 0 heterocycles. The smallest absolute Gasteiger partial charge is 0.0911 e. The topological polar surface area (TPSA) is 35.5 Å². The predicted octanol–water partition coefficient (Wildman–Crippen LogP) is -0.0135. The van der Waals surface area contributed by atoms with Crippen LogP contribution in [0.2, 0.25) is 0 Å². The first-order valence-corrected chi connectivity index (χ1v) is 6.26. The van der Waals surface area contributed by atoms with Crippen molar-refractivity contribution in [3.63, 3.8) is 0 Å². The first kappa shape index (κ1) is 15.8. The van der Waals surface area contributed by atoms with Gasteiger partial charge in [0.15, 0.2) is 0 Å². The normalized spacial score (nSPS) is 12.4. The number of unbranched alkanes of at least 4 members (excludes halogenated alkanes) is 1. The van der Waals surface area contributed by atoms with Gasteiger partial charge in [0.1, 0.15) is 0 Å². The molecular formula is C12H30N3O+. The van der Waals surface area contributed by atoms with Crippen molar-refractivity contribution in [2.45, 2.75) is 12.8 Å². The van der Waals surface area contributed by atoms with Gasteiger partial charge in [0.2, 0.25) is 0 Å². The minimum Gasteiger partial charge on any atom is -0.396 e. The predicted molar refractivity (Wildman–Crippen MR) is 69.6 cm³/mol. The van der Waals surface area contributed by atoms with Gasteiger partial charge in [-0.25, -0.2) is 0 Å². The first-order valence-electron chi connectivity index (χ1n) is 6.26. The summed E-state index contributed by atoms with van der Waals surface area (Å²) in [4.78, 5) is 2.23. The highest BCUT2D eigenvalue weighted by Gasteiger charge is 2.13. The lowest BCUT2D eigenvalue weighted by atomic mass is 10.3. The van der Waals surface area contributed by atoms with E-state index in [4.69, 9.17) is 5.11 Å². The zero-order chi connectivity index (χ0) is 12.4. The van der Waals surface area contributed by atoms with Crippen LogP contribution in [0.3, 0.4) is 0 Å². The summed E-state index contributed by atoms with van der Waals surface area (Å²) in [7, 11) is 8.79. The second kappa shape index (κ2) is 8.93. The molecule has 4 heteroatoms. The largest absolute Gasteiger partial charge is 0.396 e. The van der Waals surface area contributed by atoms with Crippen molar-refractivity contribution in [1.29, 1.82) is 0 Å². The van der Waals surface area contributed by atoms with Crippen LogP contribution in [0.4, 0.5) is 0 Å².